The molecule has 0 atom stereocenters. The van der Waals surface area contributed by atoms with Crippen LogP contribution in [0, 0.1) is 5.92 Å². The second kappa shape index (κ2) is 5.73. The van der Waals surface area contributed by atoms with Gasteiger partial charge in [0, 0.05) is 8.95 Å². The third-order valence-electron chi connectivity index (χ3n) is 2.41. The standard InChI is InChI=1S/C12H12Br2O2/c1-7(15)11(8(2)16)6-9-5-10(13)3-4-12(9)14/h3-5,11H,6H2,1-2H3. The molecule has 0 unspecified atom stereocenters. The number of hydrogen-bond acceptors (Lipinski definition) is 2. The van der Waals surface area contributed by atoms with Gasteiger partial charge in [-0.05, 0) is 44.0 Å². The number of benzene rings is 1. The van der Waals surface area contributed by atoms with Gasteiger partial charge in [0.05, 0.1) is 5.92 Å². The van der Waals surface area contributed by atoms with E-state index in [0.29, 0.717) is 6.42 Å². The molecule has 1 aromatic rings. The summed E-state index contributed by atoms with van der Waals surface area (Å²) >= 11 is 6.78. The molecule has 0 saturated carbocycles. The number of hydrogen-bond donors (Lipinski definition) is 0. The van der Waals surface area contributed by atoms with Crippen LogP contribution in [0.1, 0.15) is 19.4 Å². The first kappa shape index (κ1) is 13.6. The minimum Gasteiger partial charge on any atom is -0.299 e. The lowest BCUT2D eigenvalue weighted by molar-refractivity contribution is -0.130. The summed E-state index contributed by atoms with van der Waals surface area (Å²) in [4.78, 5) is 22.7. The first-order chi connectivity index (χ1) is 7.41. The normalized spacial score (nSPS) is 10.6. The highest BCUT2D eigenvalue weighted by molar-refractivity contribution is 9.11. The van der Waals surface area contributed by atoms with Crippen LogP contribution in [-0.4, -0.2) is 11.6 Å². The molecule has 0 radical (unpaired) electrons. The molecule has 0 aliphatic rings. The van der Waals surface area contributed by atoms with Gasteiger partial charge in [-0.15, -0.1) is 0 Å². The van der Waals surface area contributed by atoms with Crippen LogP contribution in [0.4, 0.5) is 0 Å². The van der Waals surface area contributed by atoms with Gasteiger partial charge in [-0.25, -0.2) is 0 Å². The average Bonchev–Trinajstić information content (AvgIpc) is 2.18. The number of carbonyl (C=O) groups excluding carboxylic acids is 2. The van der Waals surface area contributed by atoms with Crippen LogP contribution >= 0.6 is 31.9 Å². The van der Waals surface area contributed by atoms with E-state index < -0.39 is 5.92 Å². The van der Waals surface area contributed by atoms with Gasteiger partial charge in [0.15, 0.2) is 0 Å². The zero-order valence-electron chi connectivity index (χ0n) is 9.09. The van der Waals surface area contributed by atoms with Crippen LogP contribution in [0.3, 0.4) is 0 Å². The molecule has 2 nitrogen and oxygen atoms in total. The van der Waals surface area contributed by atoms with Crippen molar-refractivity contribution < 1.29 is 9.59 Å². The Morgan fingerprint density at radius 2 is 1.75 bits per heavy atom. The smallest absolute Gasteiger partial charge is 0.140 e. The highest BCUT2D eigenvalue weighted by Crippen LogP contribution is 2.24. The monoisotopic (exact) mass is 346 g/mol. The topological polar surface area (TPSA) is 34.1 Å². The van der Waals surface area contributed by atoms with Crippen molar-refractivity contribution in [2.24, 2.45) is 5.92 Å². The van der Waals surface area contributed by atoms with Crippen LogP contribution in [0.5, 0.6) is 0 Å². The predicted molar refractivity (Wildman–Crippen MR) is 70.4 cm³/mol. The molecule has 1 aromatic carbocycles. The third-order valence-corrected chi connectivity index (χ3v) is 3.68. The van der Waals surface area contributed by atoms with Crippen molar-refractivity contribution in [2.45, 2.75) is 20.3 Å². The first-order valence-electron chi connectivity index (χ1n) is 4.86. The Morgan fingerprint density at radius 3 is 2.25 bits per heavy atom. The second-order valence-electron chi connectivity index (χ2n) is 3.71. The summed E-state index contributed by atoms with van der Waals surface area (Å²) in [6.07, 6.45) is 0.449. The second-order valence-corrected chi connectivity index (χ2v) is 5.48. The Kier molecular flexibility index (Phi) is 4.87. The van der Waals surface area contributed by atoms with E-state index in [-0.39, 0.29) is 11.6 Å². The maximum Gasteiger partial charge on any atom is 0.140 e. The molecule has 0 aromatic heterocycles. The summed E-state index contributed by atoms with van der Waals surface area (Å²) in [6, 6.07) is 5.73. The van der Waals surface area contributed by atoms with E-state index in [1.807, 2.05) is 18.2 Å². The lowest BCUT2D eigenvalue weighted by atomic mass is 9.93. The van der Waals surface area contributed by atoms with E-state index in [4.69, 9.17) is 0 Å². The average molecular weight is 348 g/mol. The molecule has 0 heterocycles. The van der Waals surface area contributed by atoms with Crippen molar-refractivity contribution >= 4 is 43.4 Å². The van der Waals surface area contributed by atoms with Crippen LogP contribution in [0.25, 0.3) is 0 Å². The summed E-state index contributed by atoms with van der Waals surface area (Å²) in [5.41, 5.74) is 0.963. The molecule has 0 aliphatic heterocycles. The van der Waals surface area contributed by atoms with Gasteiger partial charge in [0.2, 0.25) is 0 Å². The van der Waals surface area contributed by atoms with Gasteiger partial charge in [-0.3, -0.25) is 9.59 Å². The molecule has 16 heavy (non-hydrogen) atoms. The molecular weight excluding hydrogens is 336 g/mol. The van der Waals surface area contributed by atoms with Crippen LogP contribution in [-0.2, 0) is 16.0 Å². The molecule has 0 aliphatic carbocycles. The molecule has 0 bridgehead atoms. The Bertz CT molecular complexity index is 413. The Labute approximate surface area is 112 Å². The number of ketones is 2. The minimum absolute atomic E-state index is 0.0839. The summed E-state index contributed by atoms with van der Waals surface area (Å²) in [5, 5.41) is 0. The van der Waals surface area contributed by atoms with E-state index in [1.165, 1.54) is 13.8 Å². The van der Waals surface area contributed by atoms with E-state index in [2.05, 4.69) is 31.9 Å². The molecular formula is C12H12Br2O2. The van der Waals surface area contributed by atoms with Gasteiger partial charge in [0.25, 0.3) is 0 Å². The van der Waals surface area contributed by atoms with Crippen LogP contribution in [0.2, 0.25) is 0 Å². The SMILES string of the molecule is CC(=O)C(Cc1cc(Br)ccc1Br)C(C)=O. The van der Waals surface area contributed by atoms with Crippen molar-refractivity contribution in [3.05, 3.63) is 32.7 Å². The Morgan fingerprint density at radius 1 is 1.19 bits per heavy atom. The van der Waals surface area contributed by atoms with Gasteiger partial charge in [0.1, 0.15) is 11.6 Å². The van der Waals surface area contributed by atoms with Gasteiger partial charge >= 0.3 is 0 Å². The molecule has 0 fully saturated rings. The summed E-state index contributed by atoms with van der Waals surface area (Å²) in [5.74, 6) is -0.704. The zero-order chi connectivity index (χ0) is 12.3. The molecule has 0 saturated heterocycles. The third kappa shape index (κ3) is 3.52. The number of carbonyl (C=O) groups is 2. The Hall–Kier alpha value is -0.480. The summed E-state index contributed by atoms with van der Waals surface area (Å²) in [7, 11) is 0. The predicted octanol–water partition coefficient (Wildman–Crippen LogP) is 3.55. The maximum atomic E-state index is 11.3. The van der Waals surface area contributed by atoms with Crippen molar-refractivity contribution in [3.63, 3.8) is 0 Å². The van der Waals surface area contributed by atoms with E-state index in [1.54, 1.807) is 0 Å². The quantitative estimate of drug-likeness (QED) is 0.780. The lowest BCUT2D eigenvalue weighted by Crippen LogP contribution is -2.22. The number of rotatable bonds is 4. The van der Waals surface area contributed by atoms with Gasteiger partial charge in [-0.1, -0.05) is 31.9 Å². The van der Waals surface area contributed by atoms with Crippen molar-refractivity contribution in [3.8, 4) is 0 Å². The zero-order valence-corrected chi connectivity index (χ0v) is 12.3. The fraction of sp³-hybridized carbons (Fsp3) is 0.333. The van der Waals surface area contributed by atoms with Crippen LogP contribution in [0.15, 0.2) is 27.1 Å². The number of Topliss-reactive ketones (excluding diaryl/α,β-unsaturated/α-hetero) is 2. The fourth-order valence-electron chi connectivity index (χ4n) is 1.49. The van der Waals surface area contributed by atoms with Crippen molar-refractivity contribution in [2.75, 3.05) is 0 Å². The first-order valence-corrected chi connectivity index (χ1v) is 6.45. The lowest BCUT2D eigenvalue weighted by Gasteiger charge is -2.11. The highest BCUT2D eigenvalue weighted by Gasteiger charge is 2.20. The molecule has 0 amide bonds. The fourth-order valence-corrected chi connectivity index (χ4v) is 2.31. The van der Waals surface area contributed by atoms with Crippen molar-refractivity contribution in [1.29, 1.82) is 0 Å². The van der Waals surface area contributed by atoms with Crippen LogP contribution < -0.4 is 0 Å². The van der Waals surface area contributed by atoms with Gasteiger partial charge < -0.3 is 0 Å². The maximum absolute atomic E-state index is 11.3. The highest BCUT2D eigenvalue weighted by atomic mass is 79.9. The molecule has 1 rings (SSSR count). The largest absolute Gasteiger partial charge is 0.299 e. The molecule has 0 spiro atoms. The Balaban J connectivity index is 2.97. The molecule has 86 valence electrons. The summed E-state index contributed by atoms with van der Waals surface area (Å²) in [6.45, 7) is 2.91. The van der Waals surface area contributed by atoms with Crippen molar-refractivity contribution in [1.82, 2.24) is 0 Å². The molecule has 0 N–H and O–H groups in total. The summed E-state index contributed by atoms with van der Waals surface area (Å²) < 4.78 is 1.86. The van der Waals surface area contributed by atoms with E-state index >= 15 is 0 Å². The van der Waals surface area contributed by atoms with Gasteiger partial charge in [-0.2, -0.15) is 0 Å². The van der Waals surface area contributed by atoms with E-state index in [9.17, 15) is 9.59 Å². The van der Waals surface area contributed by atoms with E-state index in [0.717, 1.165) is 14.5 Å². The number of halogens is 2. The minimum atomic E-state index is -0.536. The molecule has 4 heteroatoms.